The zero-order chi connectivity index (χ0) is 24.2. The SMILES string of the molecule is CNc1cc(CCCCOc2ccc(NC(=S)NCCCn3cncc3C)cc2OC)ccn1. The van der Waals surface area contributed by atoms with Crippen LogP contribution in [0.4, 0.5) is 11.5 Å². The maximum atomic E-state index is 5.96. The second-order valence-corrected chi connectivity index (χ2v) is 8.34. The molecule has 34 heavy (non-hydrogen) atoms. The van der Waals surface area contributed by atoms with Gasteiger partial charge in [-0.15, -0.1) is 0 Å². The van der Waals surface area contributed by atoms with Crippen molar-refractivity contribution in [2.24, 2.45) is 0 Å². The van der Waals surface area contributed by atoms with Gasteiger partial charge < -0.3 is 30.0 Å². The van der Waals surface area contributed by atoms with Crippen LogP contribution in [0.1, 0.15) is 30.5 Å². The fourth-order valence-corrected chi connectivity index (χ4v) is 3.71. The summed E-state index contributed by atoms with van der Waals surface area (Å²) in [7, 11) is 3.52. The minimum absolute atomic E-state index is 0.579. The second kappa shape index (κ2) is 13.4. The lowest BCUT2D eigenvalue weighted by molar-refractivity contribution is 0.286. The molecule has 1 aromatic carbocycles. The van der Waals surface area contributed by atoms with Gasteiger partial charge in [0.05, 0.1) is 20.0 Å². The summed E-state index contributed by atoms with van der Waals surface area (Å²) in [6, 6.07) is 9.88. The molecular formula is C25H34N6O2S. The number of unbranched alkanes of at least 4 members (excludes halogenated alkanes) is 1. The highest BCUT2D eigenvalue weighted by molar-refractivity contribution is 7.80. The molecule has 0 radical (unpaired) electrons. The first kappa shape index (κ1) is 25.3. The number of hydrogen-bond acceptors (Lipinski definition) is 6. The van der Waals surface area contributed by atoms with Gasteiger partial charge in [-0.25, -0.2) is 9.97 Å². The number of hydrogen-bond donors (Lipinski definition) is 3. The number of benzene rings is 1. The van der Waals surface area contributed by atoms with Crippen molar-refractivity contribution in [3.05, 3.63) is 60.3 Å². The Morgan fingerprint density at radius 3 is 2.76 bits per heavy atom. The minimum atomic E-state index is 0.579. The normalized spacial score (nSPS) is 10.6. The van der Waals surface area contributed by atoms with Crippen molar-refractivity contribution < 1.29 is 9.47 Å². The molecule has 0 spiro atoms. The van der Waals surface area contributed by atoms with Crippen LogP contribution in [0.5, 0.6) is 11.5 Å². The standard InChI is InChI=1S/C25H34N6O2S/c1-19-17-27-18-31(19)13-6-11-29-25(34)30-21-8-9-22(23(16-21)32-3)33-14-5-4-7-20-10-12-28-24(15-20)26-2/h8-10,12,15-18H,4-7,11,13-14H2,1-3H3,(H,26,28)(H2,29,30,34). The molecule has 0 amide bonds. The van der Waals surface area contributed by atoms with E-state index in [4.69, 9.17) is 21.7 Å². The number of pyridine rings is 1. The molecule has 0 bridgehead atoms. The van der Waals surface area contributed by atoms with Gasteiger partial charge in [0.1, 0.15) is 5.82 Å². The smallest absolute Gasteiger partial charge is 0.170 e. The molecule has 0 saturated heterocycles. The first-order valence-electron chi connectivity index (χ1n) is 11.5. The molecule has 0 fully saturated rings. The highest BCUT2D eigenvalue weighted by Crippen LogP contribution is 2.30. The number of thiocarbonyl (C=S) groups is 1. The van der Waals surface area contributed by atoms with Gasteiger partial charge in [0.2, 0.25) is 0 Å². The number of anilines is 2. The van der Waals surface area contributed by atoms with Crippen molar-refractivity contribution in [2.45, 2.75) is 39.2 Å². The maximum Gasteiger partial charge on any atom is 0.170 e. The Hall–Kier alpha value is -3.33. The Bertz CT molecular complexity index is 1060. The predicted molar refractivity (Wildman–Crippen MR) is 141 cm³/mol. The fourth-order valence-electron chi connectivity index (χ4n) is 3.49. The number of imidazole rings is 1. The maximum absolute atomic E-state index is 5.96. The molecule has 0 atom stereocenters. The highest BCUT2D eigenvalue weighted by atomic mass is 32.1. The summed E-state index contributed by atoms with van der Waals surface area (Å²) in [4.78, 5) is 8.39. The van der Waals surface area contributed by atoms with E-state index in [-0.39, 0.29) is 0 Å². The quantitative estimate of drug-likeness (QED) is 0.244. The summed E-state index contributed by atoms with van der Waals surface area (Å²) in [6.07, 6.45) is 9.48. The van der Waals surface area contributed by atoms with Gasteiger partial charge in [-0.2, -0.15) is 0 Å². The van der Waals surface area contributed by atoms with Gasteiger partial charge in [0.25, 0.3) is 0 Å². The summed E-state index contributed by atoms with van der Waals surface area (Å²) < 4.78 is 13.6. The van der Waals surface area contributed by atoms with Gasteiger partial charge in [-0.3, -0.25) is 0 Å². The van der Waals surface area contributed by atoms with Crippen molar-refractivity contribution in [3.8, 4) is 11.5 Å². The molecule has 0 saturated carbocycles. The van der Waals surface area contributed by atoms with E-state index < -0.39 is 0 Å². The predicted octanol–water partition coefficient (Wildman–Crippen LogP) is 4.42. The second-order valence-electron chi connectivity index (χ2n) is 7.93. The molecule has 0 aliphatic rings. The number of rotatable bonds is 13. The Labute approximate surface area is 207 Å². The van der Waals surface area contributed by atoms with Gasteiger partial charge in [0.15, 0.2) is 16.6 Å². The largest absolute Gasteiger partial charge is 0.493 e. The van der Waals surface area contributed by atoms with Crippen LogP contribution < -0.4 is 25.4 Å². The summed E-state index contributed by atoms with van der Waals surface area (Å²) in [5, 5.41) is 10.1. The fraction of sp³-hybridized carbons (Fsp3) is 0.400. The van der Waals surface area contributed by atoms with Crippen LogP contribution in [0.2, 0.25) is 0 Å². The lowest BCUT2D eigenvalue weighted by Gasteiger charge is -2.14. The van der Waals surface area contributed by atoms with Crippen LogP contribution in [0.25, 0.3) is 0 Å². The molecule has 3 rings (SSSR count). The average molecular weight is 483 g/mol. The molecule has 0 aliphatic heterocycles. The first-order chi connectivity index (χ1) is 16.6. The van der Waals surface area contributed by atoms with Crippen molar-refractivity contribution in [3.63, 3.8) is 0 Å². The number of nitrogens with one attached hydrogen (secondary N) is 3. The molecule has 0 unspecified atom stereocenters. The number of methoxy groups -OCH3 is 1. The van der Waals surface area contributed by atoms with Gasteiger partial charge in [-0.1, -0.05) is 0 Å². The molecule has 182 valence electrons. The topological polar surface area (TPSA) is 85.3 Å². The monoisotopic (exact) mass is 482 g/mol. The summed E-state index contributed by atoms with van der Waals surface area (Å²) in [6.45, 7) is 4.36. The van der Waals surface area contributed by atoms with Gasteiger partial charge in [0, 0.05) is 50.0 Å². The third-order valence-corrected chi connectivity index (χ3v) is 5.65. The molecular weight excluding hydrogens is 448 g/mol. The van der Waals surface area contributed by atoms with Crippen LogP contribution >= 0.6 is 12.2 Å². The Morgan fingerprint density at radius 1 is 1.12 bits per heavy atom. The van der Waals surface area contributed by atoms with E-state index in [0.29, 0.717) is 17.5 Å². The van der Waals surface area contributed by atoms with E-state index in [2.05, 4.69) is 49.5 Å². The molecule has 0 aliphatic carbocycles. The summed E-state index contributed by atoms with van der Waals surface area (Å²) in [5.74, 6) is 2.30. The lowest BCUT2D eigenvalue weighted by Crippen LogP contribution is -2.29. The number of ether oxygens (including phenoxy) is 2. The average Bonchev–Trinajstić information content (AvgIpc) is 3.26. The zero-order valence-electron chi connectivity index (χ0n) is 20.1. The van der Waals surface area contributed by atoms with Crippen molar-refractivity contribution >= 4 is 28.8 Å². The molecule has 9 heteroatoms. The van der Waals surface area contributed by atoms with Crippen molar-refractivity contribution in [1.29, 1.82) is 0 Å². The molecule has 3 aromatic rings. The van der Waals surface area contributed by atoms with Crippen LogP contribution in [0.3, 0.4) is 0 Å². The van der Waals surface area contributed by atoms with Crippen molar-refractivity contribution in [2.75, 3.05) is 37.9 Å². The van der Waals surface area contributed by atoms with E-state index in [0.717, 1.165) is 61.7 Å². The Kier molecular flexibility index (Phi) is 9.97. The number of nitrogens with zero attached hydrogens (tertiary/aromatic N) is 3. The number of aryl methyl sites for hydroxylation is 3. The third kappa shape index (κ3) is 7.91. The van der Waals surface area contributed by atoms with E-state index in [1.165, 1.54) is 5.56 Å². The Balaban J connectivity index is 1.38. The minimum Gasteiger partial charge on any atom is -0.493 e. The van der Waals surface area contributed by atoms with Crippen LogP contribution in [0.15, 0.2) is 49.1 Å². The first-order valence-corrected chi connectivity index (χ1v) is 11.9. The summed E-state index contributed by atoms with van der Waals surface area (Å²) >= 11 is 5.42. The highest BCUT2D eigenvalue weighted by Gasteiger charge is 2.07. The van der Waals surface area contributed by atoms with Gasteiger partial charge in [-0.05, 0) is 74.7 Å². The zero-order valence-corrected chi connectivity index (χ0v) is 21.0. The van der Waals surface area contributed by atoms with Crippen LogP contribution in [0, 0.1) is 6.92 Å². The number of aromatic nitrogens is 3. The molecule has 2 heterocycles. The molecule has 8 nitrogen and oxygen atoms in total. The Morgan fingerprint density at radius 2 is 2.00 bits per heavy atom. The van der Waals surface area contributed by atoms with Crippen molar-refractivity contribution in [1.82, 2.24) is 19.9 Å². The van der Waals surface area contributed by atoms with Crippen LogP contribution in [-0.2, 0) is 13.0 Å². The molecule has 3 N–H and O–H groups in total. The van der Waals surface area contributed by atoms with Crippen LogP contribution in [-0.4, -0.2) is 47.0 Å². The van der Waals surface area contributed by atoms with E-state index >= 15 is 0 Å². The van der Waals surface area contributed by atoms with E-state index in [1.54, 1.807) is 7.11 Å². The molecule has 2 aromatic heterocycles. The summed E-state index contributed by atoms with van der Waals surface area (Å²) in [5.41, 5.74) is 3.28. The third-order valence-electron chi connectivity index (χ3n) is 5.40. The van der Waals surface area contributed by atoms with Gasteiger partial charge >= 0.3 is 0 Å². The van der Waals surface area contributed by atoms with E-state index in [1.807, 2.05) is 44.0 Å². The van der Waals surface area contributed by atoms with E-state index in [9.17, 15) is 0 Å². The lowest BCUT2D eigenvalue weighted by atomic mass is 10.1.